The van der Waals surface area contributed by atoms with Crippen molar-refractivity contribution in [3.05, 3.63) is 6.20 Å². The van der Waals surface area contributed by atoms with E-state index in [0.717, 1.165) is 0 Å². The molecule has 1 aromatic rings. The number of unbranched alkanes of at least 4 members (excludes halogenated alkanes) is 3. The summed E-state index contributed by atoms with van der Waals surface area (Å²) >= 11 is -2.44. The summed E-state index contributed by atoms with van der Waals surface area (Å²) < 4.78 is 10.5. The number of nitrogens with zero attached hydrogens (tertiary/aromatic N) is 3. The van der Waals surface area contributed by atoms with Crippen molar-refractivity contribution in [3.63, 3.8) is 0 Å². The van der Waals surface area contributed by atoms with Crippen LogP contribution in [-0.2, 0) is 0 Å². The van der Waals surface area contributed by atoms with Crippen molar-refractivity contribution < 1.29 is 4.74 Å². The maximum absolute atomic E-state index is 5.06. The van der Waals surface area contributed by atoms with Crippen LogP contribution in [0.2, 0.25) is 13.3 Å². The van der Waals surface area contributed by atoms with Gasteiger partial charge in [-0.25, -0.2) is 0 Å². The van der Waals surface area contributed by atoms with Crippen LogP contribution in [0.1, 0.15) is 59.3 Å². The molecule has 5 heteroatoms. The fourth-order valence-corrected chi connectivity index (χ4v) is 17.8. The third-order valence-electron chi connectivity index (χ3n) is 4.29. The van der Waals surface area contributed by atoms with Crippen molar-refractivity contribution in [1.82, 2.24) is 15.2 Å². The predicted octanol–water partition coefficient (Wildman–Crippen LogP) is 3.94. The summed E-state index contributed by atoms with van der Waals surface area (Å²) in [6.45, 7) is 6.86. The second kappa shape index (κ2) is 10.4. The summed E-state index contributed by atoms with van der Waals surface area (Å²) in [6, 6.07) is 0.389. The molecular weight excluding hydrogens is 369 g/mol. The summed E-state index contributed by atoms with van der Waals surface area (Å²) in [5, 5.41) is 8.69. The molecule has 0 aliphatic rings. The van der Waals surface area contributed by atoms with Gasteiger partial charge in [0, 0.05) is 0 Å². The number of methoxy groups -OCH3 is 1. The van der Waals surface area contributed by atoms with E-state index in [2.05, 4.69) is 36.0 Å². The van der Waals surface area contributed by atoms with Crippen LogP contribution < -0.4 is 8.45 Å². The van der Waals surface area contributed by atoms with Crippen LogP contribution in [0.25, 0.3) is 0 Å². The van der Waals surface area contributed by atoms with Gasteiger partial charge < -0.3 is 0 Å². The fourth-order valence-electron chi connectivity index (χ4n) is 2.91. The van der Waals surface area contributed by atoms with Crippen molar-refractivity contribution in [2.24, 2.45) is 0 Å². The second-order valence-corrected chi connectivity index (χ2v) is 19.0. The zero-order valence-electron chi connectivity index (χ0n) is 14.2. The van der Waals surface area contributed by atoms with Crippen LogP contribution in [0.3, 0.4) is 0 Å². The summed E-state index contributed by atoms with van der Waals surface area (Å²) in [4.78, 5) is 4.34. The molecule has 0 saturated carbocycles. The van der Waals surface area contributed by atoms with Crippen LogP contribution in [-0.4, -0.2) is 40.7 Å². The van der Waals surface area contributed by atoms with E-state index in [1.807, 2.05) is 6.20 Å². The standard InChI is InChI=1S/C4H4N3O.3C4H9.Sn/c1-8-4-5-2-3-6-7-4;3*1-3-4-2;/h2H,1H3;3*1,3-4H2,2H3;. The molecule has 1 rings (SSSR count). The Balaban J connectivity index is 3.02. The Hall–Kier alpha value is -0.391. The molecular formula is C16H31N3OSn. The van der Waals surface area contributed by atoms with Gasteiger partial charge in [0.1, 0.15) is 0 Å². The fraction of sp³-hybridized carbons (Fsp3) is 0.812. The average molecular weight is 400 g/mol. The first-order chi connectivity index (χ1) is 10.2. The zero-order valence-corrected chi connectivity index (χ0v) is 17.0. The van der Waals surface area contributed by atoms with E-state index < -0.39 is 18.4 Å². The number of aromatic nitrogens is 3. The molecule has 0 unspecified atom stereocenters. The number of rotatable bonds is 11. The first-order valence-corrected chi connectivity index (χ1v) is 15.9. The molecule has 0 spiro atoms. The van der Waals surface area contributed by atoms with E-state index in [4.69, 9.17) is 4.74 Å². The normalized spacial score (nSPS) is 11.6. The van der Waals surface area contributed by atoms with E-state index >= 15 is 0 Å². The van der Waals surface area contributed by atoms with Crippen LogP contribution in [0.5, 0.6) is 6.01 Å². The summed E-state index contributed by atoms with van der Waals surface area (Å²) in [6.07, 6.45) is 9.78. The van der Waals surface area contributed by atoms with Crippen LogP contribution in [0.4, 0.5) is 0 Å². The molecule has 0 N–H and O–H groups in total. The number of hydrogen-bond acceptors (Lipinski definition) is 4. The Bertz CT molecular complexity index is 362. The maximum atomic E-state index is 5.06. The predicted molar refractivity (Wildman–Crippen MR) is 90.9 cm³/mol. The van der Waals surface area contributed by atoms with Crippen molar-refractivity contribution in [2.45, 2.75) is 72.6 Å². The molecule has 0 atom stereocenters. The Labute approximate surface area is 134 Å². The average Bonchev–Trinajstić information content (AvgIpc) is 2.55. The van der Waals surface area contributed by atoms with E-state index in [1.165, 1.54) is 55.5 Å². The third kappa shape index (κ3) is 5.72. The van der Waals surface area contributed by atoms with Crippen LogP contribution in [0, 0.1) is 0 Å². The van der Waals surface area contributed by atoms with E-state index in [9.17, 15) is 0 Å². The van der Waals surface area contributed by atoms with Gasteiger partial charge in [-0.1, -0.05) is 0 Å². The minimum atomic E-state index is -2.44. The van der Waals surface area contributed by atoms with Crippen molar-refractivity contribution in [1.29, 1.82) is 0 Å². The molecule has 0 fully saturated rings. The Morgan fingerprint density at radius 1 is 0.905 bits per heavy atom. The molecule has 0 aliphatic heterocycles. The first kappa shape index (κ1) is 18.7. The molecule has 0 radical (unpaired) electrons. The minimum absolute atomic E-state index is 0.389. The van der Waals surface area contributed by atoms with E-state index in [0.29, 0.717) is 6.01 Å². The van der Waals surface area contributed by atoms with Crippen molar-refractivity contribution in [3.8, 4) is 6.01 Å². The summed E-state index contributed by atoms with van der Waals surface area (Å²) in [5.74, 6) is 0. The molecule has 0 saturated heterocycles. The first-order valence-electron chi connectivity index (χ1n) is 8.46. The molecule has 120 valence electrons. The topological polar surface area (TPSA) is 47.9 Å². The van der Waals surface area contributed by atoms with Crippen molar-refractivity contribution in [2.75, 3.05) is 7.11 Å². The van der Waals surface area contributed by atoms with Gasteiger partial charge in [0.2, 0.25) is 0 Å². The molecule has 1 heterocycles. The third-order valence-corrected chi connectivity index (χ3v) is 19.3. The molecule has 21 heavy (non-hydrogen) atoms. The molecule has 0 aliphatic carbocycles. The van der Waals surface area contributed by atoms with Crippen LogP contribution in [0.15, 0.2) is 6.20 Å². The SMILES string of the molecule is CCC[CH2][Sn]([CH2]CCC)([CH2]CCC)[c]1cnc(OC)nn1. The molecule has 0 bridgehead atoms. The molecule has 0 amide bonds. The van der Waals surface area contributed by atoms with Gasteiger partial charge in [-0.05, 0) is 0 Å². The van der Waals surface area contributed by atoms with Crippen molar-refractivity contribution >= 4 is 22.1 Å². The molecule has 1 aromatic heterocycles. The van der Waals surface area contributed by atoms with Gasteiger partial charge in [-0.3, -0.25) is 0 Å². The van der Waals surface area contributed by atoms with Crippen LogP contribution >= 0.6 is 0 Å². The van der Waals surface area contributed by atoms with Gasteiger partial charge >= 0.3 is 134 Å². The Morgan fingerprint density at radius 3 is 1.76 bits per heavy atom. The number of ether oxygens (including phenoxy) is 1. The quantitative estimate of drug-likeness (QED) is 0.528. The molecule has 0 aromatic carbocycles. The zero-order chi connectivity index (χ0) is 15.6. The summed E-state index contributed by atoms with van der Waals surface area (Å²) in [5.41, 5.74) is 0. The van der Waals surface area contributed by atoms with Gasteiger partial charge in [0.25, 0.3) is 0 Å². The number of hydrogen-bond donors (Lipinski definition) is 0. The van der Waals surface area contributed by atoms with Gasteiger partial charge in [-0.2, -0.15) is 0 Å². The van der Waals surface area contributed by atoms with E-state index in [1.54, 1.807) is 7.11 Å². The Kier molecular flexibility index (Phi) is 9.20. The van der Waals surface area contributed by atoms with Gasteiger partial charge in [0.05, 0.1) is 0 Å². The molecule has 4 nitrogen and oxygen atoms in total. The Morgan fingerprint density at radius 2 is 1.43 bits per heavy atom. The second-order valence-electron chi connectivity index (χ2n) is 5.92. The monoisotopic (exact) mass is 401 g/mol. The van der Waals surface area contributed by atoms with Gasteiger partial charge in [-0.15, -0.1) is 0 Å². The van der Waals surface area contributed by atoms with E-state index in [-0.39, 0.29) is 0 Å². The summed E-state index contributed by atoms with van der Waals surface area (Å²) in [7, 11) is 1.60. The van der Waals surface area contributed by atoms with Gasteiger partial charge in [0.15, 0.2) is 0 Å².